The van der Waals surface area contributed by atoms with Crippen LogP contribution in [-0.2, 0) is 21.4 Å². The fourth-order valence-corrected chi connectivity index (χ4v) is 4.39. The minimum atomic E-state index is -3.91. The summed E-state index contributed by atoms with van der Waals surface area (Å²) in [7, 11) is -3.91. The van der Waals surface area contributed by atoms with Crippen LogP contribution in [0.5, 0.6) is 0 Å². The van der Waals surface area contributed by atoms with Crippen molar-refractivity contribution in [2.24, 2.45) is 0 Å². The van der Waals surface area contributed by atoms with Crippen LogP contribution >= 0.6 is 11.6 Å². The predicted molar refractivity (Wildman–Crippen MR) is 115 cm³/mol. The van der Waals surface area contributed by atoms with Gasteiger partial charge in [0.2, 0.25) is 5.91 Å². The zero-order valence-electron chi connectivity index (χ0n) is 15.9. The summed E-state index contributed by atoms with van der Waals surface area (Å²) in [5, 5.41) is 3.28. The van der Waals surface area contributed by atoms with E-state index in [1.807, 2.05) is 13.0 Å². The molecule has 0 spiro atoms. The number of anilines is 1. The number of carbonyl (C=O) groups excluding carboxylic acids is 1. The smallest absolute Gasteiger partial charge is 0.264 e. The molecular formula is C22H21ClN2O3S. The maximum absolute atomic E-state index is 13.2. The van der Waals surface area contributed by atoms with Crippen LogP contribution in [0.25, 0.3) is 0 Å². The molecule has 0 aliphatic rings. The van der Waals surface area contributed by atoms with E-state index >= 15 is 0 Å². The van der Waals surface area contributed by atoms with Crippen molar-refractivity contribution in [3.8, 4) is 0 Å². The molecule has 1 N–H and O–H groups in total. The van der Waals surface area contributed by atoms with Gasteiger partial charge in [0.05, 0.1) is 10.6 Å². The number of amides is 1. The predicted octanol–water partition coefficient (Wildman–Crippen LogP) is 4.16. The lowest BCUT2D eigenvalue weighted by Gasteiger charge is -2.24. The molecule has 0 heterocycles. The Morgan fingerprint density at radius 1 is 0.931 bits per heavy atom. The standard InChI is InChI=1S/C22H21ClN2O3S/c1-17-11-13-20(14-12-17)29(27,28)25(19-8-3-2-4-9-19)16-22(26)24-15-18-7-5-6-10-21(18)23/h2-14H,15-16H2,1H3,(H,24,26). The average molecular weight is 429 g/mol. The van der Waals surface area contributed by atoms with Crippen molar-refractivity contribution < 1.29 is 13.2 Å². The van der Waals surface area contributed by atoms with E-state index < -0.39 is 15.9 Å². The van der Waals surface area contributed by atoms with E-state index in [0.29, 0.717) is 10.7 Å². The number of benzene rings is 3. The molecule has 1 amide bonds. The van der Waals surface area contributed by atoms with Crippen molar-refractivity contribution in [2.45, 2.75) is 18.4 Å². The molecule has 0 radical (unpaired) electrons. The molecule has 29 heavy (non-hydrogen) atoms. The number of rotatable bonds is 7. The summed E-state index contributed by atoms with van der Waals surface area (Å²) in [6, 6.07) is 22.3. The molecule has 0 atom stereocenters. The van der Waals surface area contributed by atoms with Crippen LogP contribution in [0.1, 0.15) is 11.1 Å². The van der Waals surface area contributed by atoms with Gasteiger partial charge in [0.1, 0.15) is 6.54 Å². The molecule has 5 nitrogen and oxygen atoms in total. The first-order valence-corrected chi connectivity index (χ1v) is 10.8. The van der Waals surface area contributed by atoms with Crippen LogP contribution < -0.4 is 9.62 Å². The lowest BCUT2D eigenvalue weighted by atomic mass is 10.2. The summed E-state index contributed by atoms with van der Waals surface area (Å²) >= 11 is 6.12. The van der Waals surface area contributed by atoms with E-state index in [1.165, 1.54) is 0 Å². The molecule has 3 aromatic rings. The minimum Gasteiger partial charge on any atom is -0.350 e. The third kappa shape index (κ3) is 5.16. The van der Waals surface area contributed by atoms with Crippen LogP contribution in [-0.4, -0.2) is 20.9 Å². The first-order valence-electron chi connectivity index (χ1n) is 9.02. The number of aryl methyl sites for hydroxylation is 1. The third-order valence-electron chi connectivity index (χ3n) is 4.37. The number of hydrogen-bond donors (Lipinski definition) is 1. The Morgan fingerprint density at radius 3 is 2.21 bits per heavy atom. The highest BCUT2D eigenvalue weighted by Crippen LogP contribution is 2.23. The van der Waals surface area contributed by atoms with Gasteiger partial charge in [-0.05, 0) is 42.8 Å². The first kappa shape index (κ1) is 20.9. The van der Waals surface area contributed by atoms with Gasteiger partial charge in [0, 0.05) is 11.6 Å². The Morgan fingerprint density at radius 2 is 1.55 bits per heavy atom. The highest BCUT2D eigenvalue weighted by molar-refractivity contribution is 7.92. The van der Waals surface area contributed by atoms with Crippen LogP contribution in [0.4, 0.5) is 5.69 Å². The summed E-state index contributed by atoms with van der Waals surface area (Å²) < 4.78 is 27.6. The lowest BCUT2D eigenvalue weighted by Crippen LogP contribution is -2.40. The Hall–Kier alpha value is -2.83. The van der Waals surface area contributed by atoms with Crippen LogP contribution in [0.2, 0.25) is 5.02 Å². The molecule has 3 aromatic carbocycles. The molecule has 0 fully saturated rings. The molecule has 0 aliphatic heterocycles. The molecule has 0 bridgehead atoms. The zero-order valence-corrected chi connectivity index (χ0v) is 17.5. The largest absolute Gasteiger partial charge is 0.350 e. The van der Waals surface area contributed by atoms with Gasteiger partial charge in [-0.1, -0.05) is 65.7 Å². The Labute approximate surface area is 176 Å². The van der Waals surface area contributed by atoms with Gasteiger partial charge in [-0.3, -0.25) is 9.10 Å². The van der Waals surface area contributed by atoms with Crippen molar-refractivity contribution >= 4 is 33.2 Å². The van der Waals surface area contributed by atoms with Gasteiger partial charge in [0.25, 0.3) is 10.0 Å². The van der Waals surface area contributed by atoms with Crippen molar-refractivity contribution in [3.05, 3.63) is 95.0 Å². The van der Waals surface area contributed by atoms with Crippen molar-refractivity contribution in [2.75, 3.05) is 10.8 Å². The van der Waals surface area contributed by atoms with Gasteiger partial charge < -0.3 is 5.32 Å². The quantitative estimate of drug-likeness (QED) is 0.614. The Kier molecular flexibility index (Phi) is 6.56. The SMILES string of the molecule is Cc1ccc(S(=O)(=O)N(CC(=O)NCc2ccccc2Cl)c2ccccc2)cc1. The highest BCUT2D eigenvalue weighted by atomic mass is 35.5. The lowest BCUT2D eigenvalue weighted by molar-refractivity contribution is -0.119. The van der Waals surface area contributed by atoms with Gasteiger partial charge in [-0.15, -0.1) is 0 Å². The second-order valence-electron chi connectivity index (χ2n) is 6.53. The average Bonchev–Trinajstić information content (AvgIpc) is 2.72. The van der Waals surface area contributed by atoms with Gasteiger partial charge in [-0.25, -0.2) is 8.42 Å². The summed E-state index contributed by atoms with van der Waals surface area (Å²) in [5.41, 5.74) is 2.13. The number of halogens is 1. The number of para-hydroxylation sites is 1. The number of hydrogen-bond acceptors (Lipinski definition) is 3. The first-order chi connectivity index (χ1) is 13.9. The van der Waals surface area contributed by atoms with Gasteiger partial charge >= 0.3 is 0 Å². The monoisotopic (exact) mass is 428 g/mol. The van der Waals surface area contributed by atoms with Crippen LogP contribution in [0.3, 0.4) is 0 Å². The molecule has 0 aliphatic carbocycles. The second-order valence-corrected chi connectivity index (χ2v) is 8.80. The van der Waals surface area contributed by atoms with Crippen LogP contribution in [0.15, 0.2) is 83.8 Å². The van der Waals surface area contributed by atoms with Crippen molar-refractivity contribution in [1.29, 1.82) is 0 Å². The molecule has 0 saturated heterocycles. The molecule has 3 rings (SSSR count). The minimum absolute atomic E-state index is 0.130. The zero-order chi connectivity index (χ0) is 20.9. The van der Waals surface area contributed by atoms with E-state index in [9.17, 15) is 13.2 Å². The van der Waals surface area contributed by atoms with E-state index in [0.717, 1.165) is 15.4 Å². The van der Waals surface area contributed by atoms with E-state index in [1.54, 1.807) is 72.8 Å². The Balaban J connectivity index is 1.84. The molecule has 0 saturated carbocycles. The summed E-state index contributed by atoms with van der Waals surface area (Å²) in [6.07, 6.45) is 0. The molecule has 7 heteroatoms. The maximum atomic E-state index is 13.2. The summed E-state index contributed by atoms with van der Waals surface area (Å²) in [6.45, 7) is 1.75. The molecule has 0 aromatic heterocycles. The topological polar surface area (TPSA) is 66.5 Å². The fraction of sp³-hybridized carbons (Fsp3) is 0.136. The van der Waals surface area contributed by atoms with Gasteiger partial charge in [-0.2, -0.15) is 0 Å². The van der Waals surface area contributed by atoms with Crippen LogP contribution in [0, 0.1) is 6.92 Å². The third-order valence-corrected chi connectivity index (χ3v) is 6.53. The normalized spacial score (nSPS) is 11.1. The number of nitrogens with one attached hydrogen (secondary N) is 1. The molecule has 150 valence electrons. The summed E-state index contributed by atoms with van der Waals surface area (Å²) in [4.78, 5) is 12.7. The number of nitrogens with zero attached hydrogens (tertiary/aromatic N) is 1. The summed E-state index contributed by atoms with van der Waals surface area (Å²) in [5.74, 6) is -0.426. The fourth-order valence-electron chi connectivity index (χ4n) is 2.77. The Bertz CT molecular complexity index is 1080. The van der Waals surface area contributed by atoms with Gasteiger partial charge in [0.15, 0.2) is 0 Å². The van der Waals surface area contributed by atoms with E-state index in [-0.39, 0.29) is 18.0 Å². The highest BCUT2D eigenvalue weighted by Gasteiger charge is 2.27. The van der Waals surface area contributed by atoms with Crippen molar-refractivity contribution in [1.82, 2.24) is 5.32 Å². The van der Waals surface area contributed by atoms with E-state index in [4.69, 9.17) is 11.6 Å². The maximum Gasteiger partial charge on any atom is 0.264 e. The van der Waals surface area contributed by atoms with E-state index in [2.05, 4.69) is 5.32 Å². The number of sulfonamides is 1. The number of carbonyl (C=O) groups is 1. The molecular weight excluding hydrogens is 408 g/mol. The van der Waals surface area contributed by atoms with Crippen molar-refractivity contribution in [3.63, 3.8) is 0 Å². The second kappa shape index (κ2) is 9.11. The molecule has 0 unspecified atom stereocenters.